The maximum Gasteiger partial charge on any atom is 0.248 e. The van der Waals surface area contributed by atoms with Crippen molar-refractivity contribution < 1.29 is 14.3 Å². The van der Waals surface area contributed by atoms with Crippen LogP contribution in [-0.4, -0.2) is 34.4 Å². The SMILES string of the molecule is CCC(=O)N1CSC[C@@H]1C(=O)Nc1cccc(Oc2ccccc2)c1. The lowest BCUT2D eigenvalue weighted by Gasteiger charge is -2.22. The minimum atomic E-state index is -0.420. The normalized spacial score (nSPS) is 16.5. The van der Waals surface area contributed by atoms with E-state index in [1.807, 2.05) is 55.5 Å². The van der Waals surface area contributed by atoms with Gasteiger partial charge in [0.05, 0.1) is 5.88 Å². The number of carbonyl (C=O) groups excluding carboxylic acids is 2. The first-order chi connectivity index (χ1) is 12.2. The highest BCUT2D eigenvalue weighted by atomic mass is 32.2. The topological polar surface area (TPSA) is 58.6 Å². The van der Waals surface area contributed by atoms with E-state index in [1.165, 1.54) is 0 Å². The zero-order chi connectivity index (χ0) is 17.6. The summed E-state index contributed by atoms with van der Waals surface area (Å²) < 4.78 is 5.78. The van der Waals surface area contributed by atoms with Gasteiger partial charge in [-0.15, -0.1) is 11.8 Å². The second kappa shape index (κ2) is 8.07. The van der Waals surface area contributed by atoms with Gasteiger partial charge in [0.15, 0.2) is 0 Å². The van der Waals surface area contributed by atoms with Crippen molar-refractivity contribution in [2.24, 2.45) is 0 Å². The molecule has 1 fully saturated rings. The Bertz CT molecular complexity index is 751. The van der Waals surface area contributed by atoms with Crippen LogP contribution in [0.4, 0.5) is 5.69 Å². The van der Waals surface area contributed by atoms with E-state index < -0.39 is 6.04 Å². The zero-order valence-electron chi connectivity index (χ0n) is 14.0. The van der Waals surface area contributed by atoms with E-state index in [0.717, 1.165) is 5.75 Å². The maximum atomic E-state index is 12.6. The summed E-state index contributed by atoms with van der Waals surface area (Å²) >= 11 is 1.60. The summed E-state index contributed by atoms with van der Waals surface area (Å²) in [5.41, 5.74) is 0.652. The molecule has 25 heavy (non-hydrogen) atoms. The number of hydrogen-bond donors (Lipinski definition) is 1. The quantitative estimate of drug-likeness (QED) is 0.887. The fraction of sp³-hybridized carbons (Fsp3) is 0.263. The summed E-state index contributed by atoms with van der Waals surface area (Å²) in [4.78, 5) is 26.2. The Kier molecular flexibility index (Phi) is 5.60. The van der Waals surface area contributed by atoms with Crippen molar-refractivity contribution >= 4 is 29.3 Å². The van der Waals surface area contributed by atoms with Gasteiger partial charge in [0, 0.05) is 23.9 Å². The van der Waals surface area contributed by atoms with E-state index >= 15 is 0 Å². The molecule has 2 aromatic rings. The Labute approximate surface area is 151 Å². The Balaban J connectivity index is 1.67. The second-order valence-corrected chi connectivity index (χ2v) is 6.66. The molecule has 2 aromatic carbocycles. The van der Waals surface area contributed by atoms with Gasteiger partial charge in [-0.2, -0.15) is 0 Å². The third kappa shape index (κ3) is 4.33. The summed E-state index contributed by atoms with van der Waals surface area (Å²) in [6.45, 7) is 1.81. The summed E-state index contributed by atoms with van der Waals surface area (Å²) in [5.74, 6) is 2.42. The van der Waals surface area contributed by atoms with Gasteiger partial charge < -0.3 is 15.0 Å². The molecule has 6 heteroatoms. The summed E-state index contributed by atoms with van der Waals surface area (Å²) in [6.07, 6.45) is 0.407. The molecular formula is C19H20N2O3S. The number of carbonyl (C=O) groups is 2. The number of benzene rings is 2. The number of para-hydroxylation sites is 1. The Hall–Kier alpha value is -2.47. The van der Waals surface area contributed by atoms with Crippen LogP contribution in [0.5, 0.6) is 11.5 Å². The third-order valence-electron chi connectivity index (χ3n) is 3.89. The number of amides is 2. The Morgan fingerprint density at radius 3 is 2.68 bits per heavy atom. The lowest BCUT2D eigenvalue weighted by molar-refractivity contribution is -0.135. The van der Waals surface area contributed by atoms with Crippen LogP contribution in [-0.2, 0) is 9.59 Å². The van der Waals surface area contributed by atoms with Crippen LogP contribution in [0.3, 0.4) is 0 Å². The van der Waals surface area contributed by atoms with Gasteiger partial charge in [-0.3, -0.25) is 9.59 Å². The summed E-state index contributed by atoms with van der Waals surface area (Å²) in [6, 6.07) is 16.3. The van der Waals surface area contributed by atoms with Crippen LogP contribution < -0.4 is 10.1 Å². The number of thioether (sulfide) groups is 1. The fourth-order valence-corrected chi connectivity index (χ4v) is 3.78. The van der Waals surface area contributed by atoms with Crippen molar-refractivity contribution in [3.63, 3.8) is 0 Å². The van der Waals surface area contributed by atoms with Crippen molar-refractivity contribution in [2.45, 2.75) is 19.4 Å². The Morgan fingerprint density at radius 1 is 1.16 bits per heavy atom. The van der Waals surface area contributed by atoms with E-state index in [-0.39, 0.29) is 11.8 Å². The lowest BCUT2D eigenvalue weighted by atomic mass is 10.2. The van der Waals surface area contributed by atoms with E-state index in [1.54, 1.807) is 22.7 Å². The average Bonchev–Trinajstić information content (AvgIpc) is 3.12. The van der Waals surface area contributed by atoms with Gasteiger partial charge in [-0.25, -0.2) is 0 Å². The van der Waals surface area contributed by atoms with Crippen LogP contribution >= 0.6 is 11.8 Å². The molecular weight excluding hydrogens is 336 g/mol. The number of hydrogen-bond acceptors (Lipinski definition) is 4. The molecule has 0 radical (unpaired) electrons. The molecule has 5 nitrogen and oxygen atoms in total. The van der Waals surface area contributed by atoms with Gasteiger partial charge in [0.1, 0.15) is 17.5 Å². The smallest absolute Gasteiger partial charge is 0.248 e. The zero-order valence-corrected chi connectivity index (χ0v) is 14.8. The predicted octanol–water partition coefficient (Wildman–Crippen LogP) is 3.73. The molecule has 0 aromatic heterocycles. The van der Waals surface area contributed by atoms with Crippen molar-refractivity contribution in [1.82, 2.24) is 4.90 Å². The summed E-state index contributed by atoms with van der Waals surface area (Å²) in [5, 5.41) is 2.89. The highest BCUT2D eigenvalue weighted by Crippen LogP contribution is 2.26. The number of nitrogens with one attached hydrogen (secondary N) is 1. The molecule has 1 aliphatic heterocycles. The first kappa shape index (κ1) is 17.4. The molecule has 3 rings (SSSR count). The lowest BCUT2D eigenvalue weighted by Crippen LogP contribution is -2.44. The maximum absolute atomic E-state index is 12.6. The van der Waals surface area contributed by atoms with Crippen LogP contribution in [0, 0.1) is 0 Å². The monoisotopic (exact) mass is 356 g/mol. The van der Waals surface area contributed by atoms with Gasteiger partial charge >= 0.3 is 0 Å². The van der Waals surface area contributed by atoms with Crippen LogP contribution in [0.15, 0.2) is 54.6 Å². The predicted molar refractivity (Wildman–Crippen MR) is 99.8 cm³/mol. The molecule has 1 aliphatic rings. The number of ether oxygens (including phenoxy) is 1. The first-order valence-electron chi connectivity index (χ1n) is 8.18. The molecule has 0 unspecified atom stereocenters. The van der Waals surface area contributed by atoms with Gasteiger partial charge in [-0.05, 0) is 24.3 Å². The van der Waals surface area contributed by atoms with E-state index in [9.17, 15) is 9.59 Å². The van der Waals surface area contributed by atoms with Crippen molar-refractivity contribution in [3.8, 4) is 11.5 Å². The first-order valence-corrected chi connectivity index (χ1v) is 9.34. The van der Waals surface area contributed by atoms with E-state index in [0.29, 0.717) is 29.5 Å². The van der Waals surface area contributed by atoms with Gasteiger partial charge in [0.2, 0.25) is 11.8 Å². The number of anilines is 1. The van der Waals surface area contributed by atoms with Crippen molar-refractivity contribution in [1.29, 1.82) is 0 Å². The van der Waals surface area contributed by atoms with Crippen LogP contribution in [0.2, 0.25) is 0 Å². The molecule has 0 aliphatic carbocycles. The van der Waals surface area contributed by atoms with Gasteiger partial charge in [0.25, 0.3) is 0 Å². The second-order valence-electron chi connectivity index (χ2n) is 5.66. The fourth-order valence-electron chi connectivity index (χ4n) is 2.60. The highest BCUT2D eigenvalue weighted by Gasteiger charge is 2.33. The molecule has 1 saturated heterocycles. The Morgan fingerprint density at radius 2 is 1.92 bits per heavy atom. The number of rotatable bonds is 5. The van der Waals surface area contributed by atoms with Crippen LogP contribution in [0.25, 0.3) is 0 Å². The molecule has 1 N–H and O–H groups in total. The largest absolute Gasteiger partial charge is 0.457 e. The minimum absolute atomic E-state index is 0.00584. The molecule has 2 amide bonds. The molecule has 0 spiro atoms. The van der Waals surface area contributed by atoms with E-state index in [4.69, 9.17) is 4.74 Å². The molecule has 0 bridgehead atoms. The molecule has 1 heterocycles. The van der Waals surface area contributed by atoms with Crippen LogP contribution in [0.1, 0.15) is 13.3 Å². The third-order valence-corrected chi connectivity index (χ3v) is 4.90. The average molecular weight is 356 g/mol. The van der Waals surface area contributed by atoms with Crippen molar-refractivity contribution in [2.75, 3.05) is 16.9 Å². The highest BCUT2D eigenvalue weighted by molar-refractivity contribution is 7.99. The van der Waals surface area contributed by atoms with Crippen molar-refractivity contribution in [3.05, 3.63) is 54.6 Å². The molecule has 130 valence electrons. The van der Waals surface area contributed by atoms with E-state index in [2.05, 4.69) is 5.32 Å². The molecule has 1 atom stereocenters. The molecule has 0 saturated carbocycles. The minimum Gasteiger partial charge on any atom is -0.457 e. The standard InChI is InChI=1S/C19H20N2O3S/c1-2-18(22)21-13-25-12-17(21)19(23)20-14-7-6-10-16(11-14)24-15-8-4-3-5-9-15/h3-11,17H,2,12-13H2,1H3,(H,20,23)/t17-/m1/s1. The summed E-state index contributed by atoms with van der Waals surface area (Å²) in [7, 11) is 0. The van der Waals surface area contributed by atoms with Gasteiger partial charge in [-0.1, -0.05) is 31.2 Å². The number of nitrogens with zero attached hydrogens (tertiary/aromatic N) is 1.